The summed E-state index contributed by atoms with van der Waals surface area (Å²) in [4.78, 5) is 0. The molecule has 1 aromatic rings. The quantitative estimate of drug-likeness (QED) is 0.855. The number of benzene rings is 1. The van der Waals surface area contributed by atoms with Gasteiger partial charge < -0.3 is 9.84 Å². The Morgan fingerprint density at radius 3 is 2.35 bits per heavy atom. The largest absolute Gasteiger partial charge is 0.385 e. The Morgan fingerprint density at radius 2 is 1.94 bits per heavy atom. The minimum atomic E-state index is -0.733. The SMILES string of the molecule is CCC(CC)(OC)C(O)c1ccc(F)cc1C. The normalized spacial score (nSPS) is 13.8. The monoisotopic (exact) mass is 240 g/mol. The van der Waals surface area contributed by atoms with Gasteiger partial charge in [-0.05, 0) is 43.0 Å². The van der Waals surface area contributed by atoms with Crippen molar-refractivity contribution in [3.05, 3.63) is 35.1 Å². The van der Waals surface area contributed by atoms with Crippen LogP contribution < -0.4 is 0 Å². The third-order valence-electron chi connectivity index (χ3n) is 3.63. The van der Waals surface area contributed by atoms with E-state index >= 15 is 0 Å². The number of aliphatic hydroxyl groups is 1. The van der Waals surface area contributed by atoms with E-state index in [9.17, 15) is 9.50 Å². The molecule has 0 aliphatic rings. The molecular formula is C14H21FO2. The highest BCUT2D eigenvalue weighted by Crippen LogP contribution is 2.36. The molecule has 1 aromatic carbocycles. The maximum atomic E-state index is 13.0. The smallest absolute Gasteiger partial charge is 0.123 e. The number of hydrogen-bond donors (Lipinski definition) is 1. The van der Waals surface area contributed by atoms with Crippen molar-refractivity contribution < 1.29 is 14.2 Å². The summed E-state index contributed by atoms with van der Waals surface area (Å²) >= 11 is 0. The summed E-state index contributed by atoms with van der Waals surface area (Å²) in [7, 11) is 1.61. The van der Waals surface area contributed by atoms with Crippen LogP contribution in [0.4, 0.5) is 4.39 Å². The van der Waals surface area contributed by atoms with Crippen molar-refractivity contribution in [3.63, 3.8) is 0 Å². The van der Waals surface area contributed by atoms with Gasteiger partial charge in [-0.25, -0.2) is 4.39 Å². The van der Waals surface area contributed by atoms with Crippen molar-refractivity contribution in [2.45, 2.75) is 45.3 Å². The third kappa shape index (κ3) is 2.67. The number of ether oxygens (including phenoxy) is 1. The van der Waals surface area contributed by atoms with Crippen molar-refractivity contribution in [2.24, 2.45) is 0 Å². The lowest BCUT2D eigenvalue weighted by molar-refractivity contribution is -0.110. The fraction of sp³-hybridized carbons (Fsp3) is 0.571. The molecule has 0 spiro atoms. The fourth-order valence-electron chi connectivity index (χ4n) is 2.27. The molecule has 0 saturated heterocycles. The fourth-order valence-corrected chi connectivity index (χ4v) is 2.27. The van der Waals surface area contributed by atoms with Crippen molar-refractivity contribution in [1.29, 1.82) is 0 Å². The number of aryl methyl sites for hydroxylation is 1. The van der Waals surface area contributed by atoms with Gasteiger partial charge in [0.15, 0.2) is 0 Å². The molecule has 3 heteroatoms. The first-order valence-electron chi connectivity index (χ1n) is 6.00. The Kier molecular flexibility index (Phi) is 4.66. The predicted octanol–water partition coefficient (Wildman–Crippen LogP) is 3.37. The highest BCUT2D eigenvalue weighted by atomic mass is 19.1. The van der Waals surface area contributed by atoms with Gasteiger partial charge in [0.25, 0.3) is 0 Å². The summed E-state index contributed by atoms with van der Waals surface area (Å²) in [6.07, 6.45) is 0.679. The number of halogens is 1. The van der Waals surface area contributed by atoms with Gasteiger partial charge in [-0.3, -0.25) is 0 Å². The second kappa shape index (κ2) is 5.61. The molecule has 0 saturated carbocycles. The van der Waals surface area contributed by atoms with Crippen LogP contribution in [0.5, 0.6) is 0 Å². The molecule has 0 aromatic heterocycles. The van der Waals surface area contributed by atoms with E-state index < -0.39 is 11.7 Å². The molecule has 0 bridgehead atoms. The number of hydrogen-bond acceptors (Lipinski definition) is 2. The standard InChI is InChI=1S/C14H21FO2/c1-5-14(6-2,17-4)13(16)12-8-7-11(15)9-10(12)3/h7-9,13,16H,5-6H2,1-4H3. The van der Waals surface area contributed by atoms with Crippen molar-refractivity contribution >= 4 is 0 Å². The van der Waals surface area contributed by atoms with E-state index in [0.717, 1.165) is 11.1 Å². The topological polar surface area (TPSA) is 29.5 Å². The summed E-state index contributed by atoms with van der Waals surface area (Å²) in [6, 6.07) is 4.44. The molecule has 0 amide bonds. The highest BCUT2D eigenvalue weighted by Gasteiger charge is 2.36. The number of methoxy groups -OCH3 is 1. The van der Waals surface area contributed by atoms with Crippen molar-refractivity contribution in [1.82, 2.24) is 0 Å². The molecule has 0 aliphatic carbocycles. The van der Waals surface area contributed by atoms with Gasteiger partial charge in [0.1, 0.15) is 11.9 Å². The molecule has 1 N–H and O–H groups in total. The van der Waals surface area contributed by atoms with Crippen LogP contribution in [0, 0.1) is 12.7 Å². The molecule has 0 fully saturated rings. The summed E-state index contributed by atoms with van der Waals surface area (Å²) in [5, 5.41) is 10.5. The first-order valence-corrected chi connectivity index (χ1v) is 6.00. The molecule has 2 nitrogen and oxygen atoms in total. The molecule has 0 heterocycles. The van der Waals surface area contributed by atoms with Crippen LogP contribution in [0.15, 0.2) is 18.2 Å². The Hall–Kier alpha value is -0.930. The number of rotatable bonds is 5. The van der Waals surface area contributed by atoms with Crippen LogP contribution in [0.2, 0.25) is 0 Å². The third-order valence-corrected chi connectivity index (χ3v) is 3.63. The minimum Gasteiger partial charge on any atom is -0.385 e. The number of aliphatic hydroxyl groups excluding tert-OH is 1. The van der Waals surface area contributed by atoms with Gasteiger partial charge in [0.2, 0.25) is 0 Å². The van der Waals surface area contributed by atoms with E-state index in [4.69, 9.17) is 4.74 Å². The lowest BCUT2D eigenvalue weighted by Gasteiger charge is -2.36. The van der Waals surface area contributed by atoms with E-state index in [1.165, 1.54) is 12.1 Å². The van der Waals surface area contributed by atoms with Crippen LogP contribution in [0.3, 0.4) is 0 Å². The van der Waals surface area contributed by atoms with Gasteiger partial charge in [0.05, 0.1) is 5.60 Å². The Morgan fingerprint density at radius 1 is 1.35 bits per heavy atom. The van der Waals surface area contributed by atoms with Crippen LogP contribution in [0.1, 0.15) is 43.9 Å². The average Bonchev–Trinajstić information content (AvgIpc) is 2.32. The molecule has 17 heavy (non-hydrogen) atoms. The molecule has 1 unspecified atom stereocenters. The van der Waals surface area contributed by atoms with Gasteiger partial charge >= 0.3 is 0 Å². The maximum Gasteiger partial charge on any atom is 0.123 e. The zero-order chi connectivity index (χ0) is 13.1. The predicted molar refractivity (Wildman–Crippen MR) is 66.4 cm³/mol. The molecule has 1 rings (SSSR count). The van der Waals surface area contributed by atoms with Crippen molar-refractivity contribution in [2.75, 3.05) is 7.11 Å². The Bertz CT molecular complexity index is 364. The van der Waals surface area contributed by atoms with Gasteiger partial charge in [0, 0.05) is 7.11 Å². The molecular weight excluding hydrogens is 219 g/mol. The van der Waals surface area contributed by atoms with Crippen molar-refractivity contribution in [3.8, 4) is 0 Å². The van der Waals surface area contributed by atoms with Crippen LogP contribution in [0.25, 0.3) is 0 Å². The van der Waals surface area contributed by atoms with E-state index in [-0.39, 0.29) is 5.82 Å². The zero-order valence-corrected chi connectivity index (χ0v) is 11.0. The Labute approximate surface area is 102 Å². The first kappa shape index (κ1) is 14.1. The second-order valence-electron chi connectivity index (χ2n) is 4.38. The second-order valence-corrected chi connectivity index (χ2v) is 4.38. The summed E-state index contributed by atoms with van der Waals surface area (Å²) < 4.78 is 18.5. The highest BCUT2D eigenvalue weighted by molar-refractivity contribution is 5.30. The van der Waals surface area contributed by atoms with Gasteiger partial charge in [-0.1, -0.05) is 19.9 Å². The van der Waals surface area contributed by atoms with Crippen LogP contribution >= 0.6 is 0 Å². The summed E-state index contributed by atoms with van der Waals surface area (Å²) in [5.41, 5.74) is 0.889. The summed E-state index contributed by atoms with van der Waals surface area (Å²) in [5.74, 6) is -0.283. The van der Waals surface area contributed by atoms with E-state index in [2.05, 4.69) is 0 Å². The molecule has 1 atom stereocenters. The average molecular weight is 240 g/mol. The lowest BCUT2D eigenvalue weighted by Crippen LogP contribution is -2.37. The Balaban J connectivity index is 3.13. The van der Waals surface area contributed by atoms with Crippen LogP contribution in [-0.2, 0) is 4.74 Å². The van der Waals surface area contributed by atoms with Gasteiger partial charge in [-0.2, -0.15) is 0 Å². The first-order chi connectivity index (χ1) is 8.00. The summed E-state index contributed by atoms with van der Waals surface area (Å²) in [6.45, 7) is 5.76. The molecule has 0 radical (unpaired) electrons. The maximum absolute atomic E-state index is 13.0. The van der Waals surface area contributed by atoms with E-state index in [0.29, 0.717) is 12.8 Å². The van der Waals surface area contributed by atoms with Crippen LogP contribution in [-0.4, -0.2) is 17.8 Å². The van der Waals surface area contributed by atoms with E-state index in [1.54, 1.807) is 20.1 Å². The van der Waals surface area contributed by atoms with E-state index in [1.807, 2.05) is 13.8 Å². The molecule has 0 aliphatic heterocycles. The lowest BCUT2D eigenvalue weighted by atomic mass is 9.84. The molecule has 96 valence electrons. The minimum absolute atomic E-state index is 0.283. The van der Waals surface area contributed by atoms with Gasteiger partial charge in [-0.15, -0.1) is 0 Å². The zero-order valence-electron chi connectivity index (χ0n) is 11.0.